The molecule has 1 unspecified atom stereocenters. The van der Waals surface area contributed by atoms with Gasteiger partial charge in [-0.1, -0.05) is 20.8 Å². The van der Waals surface area contributed by atoms with E-state index in [1.165, 1.54) is 32.1 Å². The molecule has 0 aromatic carbocycles. The monoisotopic (exact) mass is 251 g/mol. The molecule has 2 fully saturated rings. The third kappa shape index (κ3) is 3.63. The fourth-order valence-electron chi connectivity index (χ4n) is 3.22. The second-order valence-corrected chi connectivity index (χ2v) is 6.97. The SMILES string of the molecule is CC(C)CC1(CN=C(N)N2CCCC(C)C2)CC1. The minimum atomic E-state index is 0.500. The maximum absolute atomic E-state index is 6.15. The van der Waals surface area contributed by atoms with E-state index >= 15 is 0 Å². The van der Waals surface area contributed by atoms with Gasteiger partial charge in [-0.05, 0) is 49.4 Å². The summed E-state index contributed by atoms with van der Waals surface area (Å²) < 4.78 is 0. The van der Waals surface area contributed by atoms with Crippen molar-refractivity contribution in [3.05, 3.63) is 0 Å². The number of hydrogen-bond acceptors (Lipinski definition) is 1. The molecule has 3 nitrogen and oxygen atoms in total. The fourth-order valence-corrected chi connectivity index (χ4v) is 3.22. The van der Waals surface area contributed by atoms with Gasteiger partial charge >= 0.3 is 0 Å². The second-order valence-electron chi connectivity index (χ2n) is 6.97. The van der Waals surface area contributed by atoms with Crippen molar-refractivity contribution in [3.8, 4) is 0 Å². The lowest BCUT2D eigenvalue weighted by molar-refractivity contribution is 0.269. The van der Waals surface area contributed by atoms with Crippen LogP contribution in [0.1, 0.15) is 52.9 Å². The molecule has 2 aliphatic rings. The highest BCUT2D eigenvalue weighted by molar-refractivity contribution is 5.78. The van der Waals surface area contributed by atoms with E-state index in [2.05, 4.69) is 30.7 Å². The molecule has 0 bridgehead atoms. The van der Waals surface area contributed by atoms with Crippen molar-refractivity contribution >= 4 is 5.96 Å². The standard InChI is InChI=1S/C15H29N3/c1-12(2)9-15(6-7-15)11-17-14(16)18-8-4-5-13(3)10-18/h12-13H,4-11H2,1-3H3,(H2,16,17). The molecule has 0 aromatic rings. The van der Waals surface area contributed by atoms with Crippen LogP contribution >= 0.6 is 0 Å². The minimum Gasteiger partial charge on any atom is -0.370 e. The molecule has 2 N–H and O–H groups in total. The molecule has 1 aliphatic heterocycles. The molecule has 18 heavy (non-hydrogen) atoms. The number of aliphatic imine (C=N–C) groups is 1. The first-order valence-electron chi connectivity index (χ1n) is 7.56. The van der Waals surface area contributed by atoms with Gasteiger partial charge in [-0.15, -0.1) is 0 Å². The van der Waals surface area contributed by atoms with E-state index in [1.807, 2.05) is 0 Å². The quantitative estimate of drug-likeness (QED) is 0.616. The number of guanidine groups is 1. The van der Waals surface area contributed by atoms with E-state index in [0.29, 0.717) is 5.41 Å². The van der Waals surface area contributed by atoms with E-state index in [1.54, 1.807) is 0 Å². The van der Waals surface area contributed by atoms with Crippen LogP contribution in [0.25, 0.3) is 0 Å². The van der Waals surface area contributed by atoms with Crippen LogP contribution in [-0.4, -0.2) is 30.5 Å². The summed E-state index contributed by atoms with van der Waals surface area (Å²) in [6.07, 6.45) is 6.59. The van der Waals surface area contributed by atoms with Gasteiger partial charge in [0, 0.05) is 19.6 Å². The van der Waals surface area contributed by atoms with Gasteiger partial charge in [0.15, 0.2) is 5.96 Å². The van der Waals surface area contributed by atoms with Gasteiger partial charge in [-0.2, -0.15) is 0 Å². The molecule has 1 atom stereocenters. The first kappa shape index (κ1) is 13.7. The Morgan fingerprint density at radius 3 is 2.72 bits per heavy atom. The summed E-state index contributed by atoms with van der Waals surface area (Å²) >= 11 is 0. The molecule has 104 valence electrons. The summed E-state index contributed by atoms with van der Waals surface area (Å²) in [6.45, 7) is 10.0. The second kappa shape index (κ2) is 5.50. The van der Waals surface area contributed by atoms with Crippen molar-refractivity contribution < 1.29 is 0 Å². The summed E-state index contributed by atoms with van der Waals surface area (Å²) in [7, 11) is 0. The number of nitrogens with zero attached hydrogens (tertiary/aromatic N) is 2. The van der Waals surface area contributed by atoms with Crippen LogP contribution in [0, 0.1) is 17.3 Å². The van der Waals surface area contributed by atoms with Crippen molar-refractivity contribution in [2.24, 2.45) is 28.0 Å². The van der Waals surface area contributed by atoms with Gasteiger partial charge in [0.1, 0.15) is 0 Å². The van der Waals surface area contributed by atoms with Gasteiger partial charge in [0.25, 0.3) is 0 Å². The Hall–Kier alpha value is -0.730. The molecule has 0 radical (unpaired) electrons. The maximum atomic E-state index is 6.15. The molecule has 0 amide bonds. The molecule has 0 aromatic heterocycles. The van der Waals surface area contributed by atoms with Gasteiger partial charge < -0.3 is 10.6 Å². The largest absolute Gasteiger partial charge is 0.370 e. The van der Waals surface area contributed by atoms with Crippen molar-refractivity contribution in [1.82, 2.24) is 4.90 Å². The van der Waals surface area contributed by atoms with E-state index in [4.69, 9.17) is 5.73 Å². The Morgan fingerprint density at radius 1 is 1.44 bits per heavy atom. The zero-order chi connectivity index (χ0) is 13.2. The first-order chi connectivity index (χ1) is 8.51. The third-order valence-corrected chi connectivity index (χ3v) is 4.36. The van der Waals surface area contributed by atoms with E-state index in [9.17, 15) is 0 Å². The zero-order valence-corrected chi connectivity index (χ0v) is 12.3. The average molecular weight is 251 g/mol. The van der Waals surface area contributed by atoms with Gasteiger partial charge in [0.2, 0.25) is 0 Å². The lowest BCUT2D eigenvalue weighted by atomic mass is 9.94. The van der Waals surface area contributed by atoms with Crippen molar-refractivity contribution in [1.29, 1.82) is 0 Å². The van der Waals surface area contributed by atoms with Crippen LogP contribution < -0.4 is 5.73 Å². The van der Waals surface area contributed by atoms with Crippen LogP contribution in [-0.2, 0) is 0 Å². The van der Waals surface area contributed by atoms with Gasteiger partial charge in [-0.25, -0.2) is 0 Å². The van der Waals surface area contributed by atoms with Crippen LogP contribution in [0.15, 0.2) is 4.99 Å². The lowest BCUT2D eigenvalue weighted by Crippen LogP contribution is -2.43. The topological polar surface area (TPSA) is 41.6 Å². The van der Waals surface area contributed by atoms with Crippen LogP contribution in [0.3, 0.4) is 0 Å². The highest BCUT2D eigenvalue weighted by Crippen LogP contribution is 2.50. The molecule has 1 heterocycles. The van der Waals surface area contributed by atoms with Crippen molar-refractivity contribution in [2.45, 2.75) is 52.9 Å². The maximum Gasteiger partial charge on any atom is 0.191 e. The highest BCUT2D eigenvalue weighted by atomic mass is 15.3. The Bertz CT molecular complexity index is 305. The lowest BCUT2D eigenvalue weighted by Gasteiger charge is -2.32. The Morgan fingerprint density at radius 2 is 2.17 bits per heavy atom. The Labute approximate surface area is 112 Å². The summed E-state index contributed by atoms with van der Waals surface area (Å²) in [4.78, 5) is 6.97. The predicted molar refractivity (Wildman–Crippen MR) is 77.6 cm³/mol. The van der Waals surface area contributed by atoms with Gasteiger partial charge in [0.05, 0.1) is 0 Å². The normalized spacial score (nSPS) is 27.7. The molecule has 2 rings (SSSR count). The van der Waals surface area contributed by atoms with E-state index in [-0.39, 0.29) is 0 Å². The Kier molecular flexibility index (Phi) is 4.18. The molecule has 3 heteroatoms. The van der Waals surface area contributed by atoms with Crippen molar-refractivity contribution in [2.75, 3.05) is 19.6 Å². The summed E-state index contributed by atoms with van der Waals surface area (Å²) in [5.41, 5.74) is 6.65. The minimum absolute atomic E-state index is 0.500. The summed E-state index contributed by atoms with van der Waals surface area (Å²) in [5, 5.41) is 0. The summed E-state index contributed by atoms with van der Waals surface area (Å²) in [5.74, 6) is 2.33. The van der Waals surface area contributed by atoms with E-state index < -0.39 is 0 Å². The average Bonchev–Trinajstić information content (AvgIpc) is 3.05. The molecule has 1 aliphatic carbocycles. The number of hydrogen-bond donors (Lipinski definition) is 1. The number of rotatable bonds is 4. The molecule has 1 saturated carbocycles. The summed E-state index contributed by atoms with van der Waals surface area (Å²) in [6, 6.07) is 0. The first-order valence-corrected chi connectivity index (χ1v) is 7.56. The van der Waals surface area contributed by atoms with Gasteiger partial charge in [-0.3, -0.25) is 4.99 Å². The fraction of sp³-hybridized carbons (Fsp3) is 0.933. The smallest absolute Gasteiger partial charge is 0.191 e. The van der Waals surface area contributed by atoms with Crippen molar-refractivity contribution in [3.63, 3.8) is 0 Å². The molecule has 1 saturated heterocycles. The molecular formula is C15H29N3. The number of likely N-dealkylation sites (tertiary alicyclic amines) is 1. The third-order valence-electron chi connectivity index (χ3n) is 4.36. The van der Waals surface area contributed by atoms with Crippen LogP contribution in [0.5, 0.6) is 0 Å². The highest BCUT2D eigenvalue weighted by Gasteiger charge is 2.42. The zero-order valence-electron chi connectivity index (χ0n) is 12.3. The van der Waals surface area contributed by atoms with Crippen LogP contribution in [0.2, 0.25) is 0 Å². The van der Waals surface area contributed by atoms with Crippen LogP contribution in [0.4, 0.5) is 0 Å². The Balaban J connectivity index is 1.85. The number of nitrogens with two attached hydrogens (primary N) is 1. The molecular weight excluding hydrogens is 222 g/mol. The van der Waals surface area contributed by atoms with E-state index in [0.717, 1.165) is 37.4 Å². The molecule has 0 spiro atoms. The number of piperidine rings is 1. The predicted octanol–water partition coefficient (Wildman–Crippen LogP) is 2.86.